The minimum atomic E-state index is -0.741. The Morgan fingerprint density at radius 1 is 0.927 bits per heavy atom. The van der Waals surface area contributed by atoms with Crippen LogP contribution >= 0.6 is 39.0 Å². The number of hydrogen-bond donors (Lipinski definition) is 1. The summed E-state index contributed by atoms with van der Waals surface area (Å²) in [5.41, 5.74) is 2.96. The van der Waals surface area contributed by atoms with Gasteiger partial charge in [-0.05, 0) is 54.1 Å². The summed E-state index contributed by atoms with van der Waals surface area (Å²) in [5, 5.41) is 2.65. The van der Waals surface area contributed by atoms with Crippen molar-refractivity contribution in [1.29, 1.82) is 0 Å². The Balaban J connectivity index is 1.42. The Morgan fingerprint density at radius 2 is 1.61 bits per heavy atom. The van der Waals surface area contributed by atoms with E-state index in [0.717, 1.165) is 27.1 Å². The number of benzene rings is 3. The molecule has 3 atom stereocenters. The zero-order chi connectivity index (χ0) is 28.8. The molecule has 2 aliphatic rings. The van der Waals surface area contributed by atoms with Gasteiger partial charge in [-0.25, -0.2) is 4.90 Å². The fourth-order valence-electron chi connectivity index (χ4n) is 5.30. The van der Waals surface area contributed by atoms with Gasteiger partial charge < -0.3 is 10.2 Å². The van der Waals surface area contributed by atoms with Crippen molar-refractivity contribution in [1.82, 2.24) is 4.57 Å². The minimum absolute atomic E-state index is 0.200. The highest BCUT2D eigenvalue weighted by Gasteiger charge is 2.56. The van der Waals surface area contributed by atoms with Crippen molar-refractivity contribution < 1.29 is 14.4 Å². The largest absolute Gasteiger partial charge is 0.378 e. The van der Waals surface area contributed by atoms with Crippen molar-refractivity contribution >= 4 is 73.8 Å². The molecular weight excluding hydrogens is 624 g/mol. The second kappa shape index (κ2) is 11.0. The number of thiazole rings is 1. The molecule has 8 nitrogen and oxygen atoms in total. The number of fused-ring (bicyclic) bond motifs is 2. The molecule has 6 rings (SSSR count). The number of aromatic nitrogens is 1. The summed E-state index contributed by atoms with van der Waals surface area (Å²) in [5.74, 6) is -2.18. The Hall–Kier alpha value is -3.67. The van der Waals surface area contributed by atoms with E-state index in [1.165, 1.54) is 21.2 Å². The molecule has 3 aromatic carbocycles. The summed E-state index contributed by atoms with van der Waals surface area (Å²) in [6.07, 6.45) is 0. The van der Waals surface area contributed by atoms with E-state index in [1.54, 1.807) is 36.4 Å². The molecule has 1 saturated heterocycles. The lowest BCUT2D eigenvalue weighted by Gasteiger charge is -2.31. The lowest BCUT2D eigenvalue weighted by atomic mass is 9.83. The zero-order valence-electron chi connectivity index (χ0n) is 22.1. The van der Waals surface area contributed by atoms with E-state index in [9.17, 15) is 19.2 Å². The molecule has 0 saturated carbocycles. The van der Waals surface area contributed by atoms with Gasteiger partial charge in [-0.1, -0.05) is 69.4 Å². The molecule has 4 aromatic rings. The number of rotatable bonds is 6. The van der Waals surface area contributed by atoms with Gasteiger partial charge in [-0.3, -0.25) is 23.7 Å². The SMILES string of the molecule is CN(C)c1ccc([C@H]2c3sc(=O)n(CC(=O)Nc4ccccc4)c3SC3C(=O)N(c4ccc(Br)cc4)C(=O)C32)cc1. The summed E-state index contributed by atoms with van der Waals surface area (Å²) in [7, 11) is 3.89. The molecule has 0 spiro atoms. The van der Waals surface area contributed by atoms with Gasteiger partial charge in [0.15, 0.2) is 0 Å². The number of hydrogen-bond acceptors (Lipinski definition) is 7. The highest BCUT2D eigenvalue weighted by molar-refractivity contribution is 9.10. The first kappa shape index (κ1) is 27.5. The van der Waals surface area contributed by atoms with Crippen molar-refractivity contribution in [3.8, 4) is 0 Å². The lowest BCUT2D eigenvalue weighted by molar-refractivity contribution is -0.122. The van der Waals surface area contributed by atoms with Crippen molar-refractivity contribution in [2.75, 3.05) is 29.2 Å². The second-order valence-electron chi connectivity index (χ2n) is 10.1. The highest BCUT2D eigenvalue weighted by atomic mass is 79.9. The molecular formula is C30H25BrN4O4S2. The maximum Gasteiger partial charge on any atom is 0.308 e. The van der Waals surface area contributed by atoms with E-state index in [0.29, 0.717) is 21.3 Å². The molecule has 2 unspecified atom stereocenters. The molecule has 1 N–H and O–H groups in total. The number of imide groups is 1. The van der Waals surface area contributed by atoms with Crippen molar-refractivity contribution in [2.45, 2.75) is 22.7 Å². The van der Waals surface area contributed by atoms with Gasteiger partial charge in [0.05, 0.1) is 16.6 Å². The molecule has 208 valence electrons. The van der Waals surface area contributed by atoms with Crippen LogP contribution in [0.5, 0.6) is 0 Å². The van der Waals surface area contributed by atoms with Crippen LogP contribution in [0.4, 0.5) is 17.1 Å². The predicted octanol–water partition coefficient (Wildman–Crippen LogP) is 5.17. The van der Waals surface area contributed by atoms with Crippen LogP contribution in [-0.4, -0.2) is 41.6 Å². The summed E-state index contributed by atoms with van der Waals surface area (Å²) < 4.78 is 2.27. The van der Waals surface area contributed by atoms with E-state index < -0.39 is 17.1 Å². The normalized spacial score (nSPS) is 19.6. The van der Waals surface area contributed by atoms with Crippen LogP contribution in [0.1, 0.15) is 16.4 Å². The topological polar surface area (TPSA) is 91.7 Å². The van der Waals surface area contributed by atoms with Crippen LogP contribution in [0.3, 0.4) is 0 Å². The van der Waals surface area contributed by atoms with Crippen LogP contribution in [-0.2, 0) is 20.9 Å². The van der Waals surface area contributed by atoms with Crippen LogP contribution in [0.2, 0.25) is 0 Å². The van der Waals surface area contributed by atoms with Gasteiger partial charge in [0.2, 0.25) is 17.7 Å². The summed E-state index contributed by atoms with van der Waals surface area (Å²) in [4.78, 5) is 57.8. The van der Waals surface area contributed by atoms with Gasteiger partial charge in [0, 0.05) is 40.7 Å². The Labute approximate surface area is 253 Å². The second-order valence-corrected chi connectivity index (χ2v) is 13.1. The van der Waals surface area contributed by atoms with Crippen molar-refractivity contribution in [3.63, 3.8) is 0 Å². The molecule has 1 aromatic heterocycles. The lowest BCUT2D eigenvalue weighted by Crippen LogP contribution is -2.33. The Bertz CT molecular complexity index is 1700. The first-order valence-corrected chi connectivity index (χ1v) is 15.4. The number of nitrogens with zero attached hydrogens (tertiary/aromatic N) is 3. The van der Waals surface area contributed by atoms with Crippen LogP contribution in [0.15, 0.2) is 93.2 Å². The molecule has 2 aliphatic heterocycles. The van der Waals surface area contributed by atoms with E-state index in [1.807, 2.05) is 61.5 Å². The number of amides is 3. The summed E-state index contributed by atoms with van der Waals surface area (Å²) >= 11 is 5.66. The average Bonchev–Trinajstić information content (AvgIpc) is 3.40. The predicted molar refractivity (Wildman–Crippen MR) is 166 cm³/mol. The molecule has 11 heteroatoms. The Morgan fingerprint density at radius 3 is 2.27 bits per heavy atom. The maximum absolute atomic E-state index is 14.0. The first-order chi connectivity index (χ1) is 19.7. The molecule has 41 heavy (non-hydrogen) atoms. The number of para-hydroxylation sites is 1. The number of halogens is 1. The molecule has 0 radical (unpaired) electrons. The number of carbonyl (C=O) groups is 3. The van der Waals surface area contributed by atoms with Crippen LogP contribution < -0.4 is 20.0 Å². The molecule has 1 fully saturated rings. The van der Waals surface area contributed by atoms with Crippen LogP contribution in [0, 0.1) is 5.92 Å². The quantitative estimate of drug-likeness (QED) is 0.290. The van der Waals surface area contributed by atoms with Crippen molar-refractivity contribution in [2.24, 2.45) is 5.92 Å². The van der Waals surface area contributed by atoms with Crippen LogP contribution in [0.25, 0.3) is 0 Å². The molecule has 3 amide bonds. The zero-order valence-corrected chi connectivity index (χ0v) is 25.3. The van der Waals surface area contributed by atoms with Gasteiger partial charge in [-0.2, -0.15) is 0 Å². The standard InChI is InChI=1S/C30H25BrN4O4S2/c1-33(2)20-12-8-17(9-13-20)23-24-25(28(38)35(27(24)37)21-14-10-18(31)11-15-21)40-29-26(23)41-30(39)34(29)16-22(36)32-19-6-4-3-5-7-19/h3-15,23-25H,16H2,1-2H3,(H,32,36)/t23-,24?,25?/m1/s1. The summed E-state index contributed by atoms with van der Waals surface area (Å²) in [6.45, 7) is -0.200. The van der Waals surface area contributed by atoms with Crippen molar-refractivity contribution in [3.05, 3.63) is 103 Å². The maximum atomic E-state index is 14.0. The third-order valence-corrected chi connectivity index (χ3v) is 10.4. The summed E-state index contributed by atoms with van der Waals surface area (Å²) in [6, 6.07) is 23.9. The fourth-order valence-corrected chi connectivity index (χ4v) is 8.34. The van der Waals surface area contributed by atoms with Gasteiger partial charge in [0.25, 0.3) is 0 Å². The Kier molecular flexibility index (Phi) is 7.35. The molecule has 3 heterocycles. The number of carbonyl (C=O) groups excluding carboxylic acids is 3. The minimum Gasteiger partial charge on any atom is -0.378 e. The number of anilines is 3. The molecule has 0 bridgehead atoms. The molecule has 0 aliphatic carbocycles. The van der Waals surface area contributed by atoms with Gasteiger partial charge in [0.1, 0.15) is 11.8 Å². The monoisotopic (exact) mass is 648 g/mol. The number of nitrogens with one attached hydrogen (secondary N) is 1. The average molecular weight is 650 g/mol. The number of thioether (sulfide) groups is 1. The smallest absolute Gasteiger partial charge is 0.308 e. The van der Waals surface area contributed by atoms with E-state index >= 15 is 0 Å². The van der Waals surface area contributed by atoms with E-state index in [-0.39, 0.29) is 29.1 Å². The third kappa shape index (κ3) is 5.02. The van der Waals surface area contributed by atoms with E-state index in [4.69, 9.17) is 0 Å². The first-order valence-electron chi connectivity index (χ1n) is 12.9. The van der Waals surface area contributed by atoms with E-state index in [2.05, 4.69) is 21.2 Å². The van der Waals surface area contributed by atoms with Gasteiger partial charge in [-0.15, -0.1) is 0 Å². The highest BCUT2D eigenvalue weighted by Crippen LogP contribution is 2.54. The van der Waals surface area contributed by atoms with Gasteiger partial charge >= 0.3 is 4.87 Å². The third-order valence-electron chi connectivity index (χ3n) is 7.26. The fraction of sp³-hybridized carbons (Fsp3) is 0.200.